The number of sulfonamides is 1. The predicted octanol–water partition coefficient (Wildman–Crippen LogP) is 2.16. The number of carbonyl (C=O) groups is 1. The molecule has 1 saturated heterocycles. The molecule has 1 amide bonds. The van der Waals surface area contributed by atoms with Crippen molar-refractivity contribution in [1.29, 1.82) is 0 Å². The fourth-order valence-corrected chi connectivity index (χ4v) is 4.39. The summed E-state index contributed by atoms with van der Waals surface area (Å²) in [6.07, 6.45) is 0.491. The molecule has 32 heavy (non-hydrogen) atoms. The highest BCUT2D eigenvalue weighted by molar-refractivity contribution is 7.89. The van der Waals surface area contributed by atoms with Gasteiger partial charge in [-0.15, -0.1) is 0 Å². The highest BCUT2D eigenvalue weighted by atomic mass is 32.2. The molecule has 2 heterocycles. The number of methoxy groups -OCH3 is 1. The number of hydrogen-bond donors (Lipinski definition) is 0. The topological polar surface area (TPSA) is 106 Å². The molecule has 10 heteroatoms. The van der Waals surface area contributed by atoms with E-state index in [1.165, 1.54) is 38.4 Å². The number of likely N-dealkylation sites (tertiary alicyclic amines) is 1. The van der Waals surface area contributed by atoms with Crippen LogP contribution in [0.2, 0.25) is 0 Å². The molecule has 0 spiro atoms. The van der Waals surface area contributed by atoms with Crippen molar-refractivity contribution in [2.75, 3.05) is 34.3 Å². The van der Waals surface area contributed by atoms with Gasteiger partial charge in [0.15, 0.2) is 5.82 Å². The predicted molar refractivity (Wildman–Crippen MR) is 116 cm³/mol. The van der Waals surface area contributed by atoms with Crippen LogP contribution in [-0.2, 0) is 16.4 Å². The van der Waals surface area contributed by atoms with Gasteiger partial charge in [0.25, 0.3) is 5.91 Å². The number of benzene rings is 2. The summed E-state index contributed by atoms with van der Waals surface area (Å²) in [5.41, 5.74) is 1.40. The summed E-state index contributed by atoms with van der Waals surface area (Å²) in [5.74, 6) is 1.65. The lowest BCUT2D eigenvalue weighted by Gasteiger charge is -2.37. The smallest absolute Gasteiger partial charge is 0.253 e. The summed E-state index contributed by atoms with van der Waals surface area (Å²) in [5, 5.41) is 4.06. The van der Waals surface area contributed by atoms with Gasteiger partial charge in [0.1, 0.15) is 5.75 Å². The monoisotopic (exact) mass is 456 g/mol. The molecule has 0 unspecified atom stereocenters. The zero-order valence-corrected chi connectivity index (χ0v) is 18.9. The Kier molecular flexibility index (Phi) is 5.98. The van der Waals surface area contributed by atoms with Crippen molar-refractivity contribution in [3.05, 3.63) is 71.4 Å². The second kappa shape index (κ2) is 8.71. The van der Waals surface area contributed by atoms with E-state index in [4.69, 9.17) is 9.26 Å². The average molecular weight is 457 g/mol. The number of hydrogen-bond acceptors (Lipinski definition) is 7. The van der Waals surface area contributed by atoms with Crippen molar-refractivity contribution in [2.45, 2.75) is 17.2 Å². The first-order chi connectivity index (χ1) is 15.3. The number of carbonyl (C=O) groups excluding carboxylic acids is 1. The lowest BCUT2D eigenvalue weighted by molar-refractivity contribution is 0.0569. The van der Waals surface area contributed by atoms with E-state index >= 15 is 0 Å². The Hall–Kier alpha value is -3.24. The van der Waals surface area contributed by atoms with E-state index < -0.39 is 10.0 Å². The van der Waals surface area contributed by atoms with Gasteiger partial charge in [-0.3, -0.25) is 4.79 Å². The van der Waals surface area contributed by atoms with Gasteiger partial charge in [-0.25, -0.2) is 12.7 Å². The largest absolute Gasteiger partial charge is 0.496 e. The average Bonchev–Trinajstić information content (AvgIpc) is 3.20. The first-order valence-corrected chi connectivity index (χ1v) is 11.5. The van der Waals surface area contributed by atoms with Crippen LogP contribution in [0.4, 0.5) is 0 Å². The second-order valence-electron chi connectivity index (χ2n) is 7.76. The van der Waals surface area contributed by atoms with E-state index in [2.05, 4.69) is 10.1 Å². The van der Waals surface area contributed by atoms with Crippen LogP contribution in [0.5, 0.6) is 5.75 Å². The Morgan fingerprint density at radius 2 is 1.84 bits per heavy atom. The SMILES string of the molecule is COc1ccccc1Cc1noc(C2CN(C(=O)c3ccc(S(=O)(=O)N(C)C)cc3)C2)n1. The zero-order valence-electron chi connectivity index (χ0n) is 18.1. The number of amides is 1. The van der Waals surface area contributed by atoms with E-state index in [1.54, 1.807) is 12.0 Å². The zero-order chi connectivity index (χ0) is 22.9. The molecular formula is C22H24N4O5S. The first-order valence-electron chi connectivity index (χ1n) is 10.1. The minimum Gasteiger partial charge on any atom is -0.496 e. The molecule has 1 fully saturated rings. The third-order valence-corrected chi connectivity index (χ3v) is 7.25. The Morgan fingerprint density at radius 1 is 1.16 bits per heavy atom. The Labute approximate surface area is 186 Å². The van der Waals surface area contributed by atoms with Crippen LogP contribution >= 0.6 is 0 Å². The number of rotatable bonds is 7. The normalized spacial score (nSPS) is 14.4. The van der Waals surface area contributed by atoms with Gasteiger partial charge in [0.2, 0.25) is 15.9 Å². The summed E-state index contributed by atoms with van der Waals surface area (Å²) in [7, 11) is 1.02. The molecule has 1 aromatic heterocycles. The van der Waals surface area contributed by atoms with Crippen molar-refractivity contribution < 1.29 is 22.5 Å². The van der Waals surface area contributed by atoms with Gasteiger partial charge in [0, 0.05) is 44.7 Å². The standard InChI is InChI=1S/C22H24N4O5S/c1-25(2)32(28,29)18-10-8-15(9-11-18)22(27)26-13-17(14-26)21-23-20(24-31-21)12-16-6-4-5-7-19(16)30-3/h4-11,17H,12-14H2,1-3H3. The molecule has 0 bridgehead atoms. The highest BCUT2D eigenvalue weighted by Gasteiger charge is 2.36. The van der Waals surface area contributed by atoms with Crippen LogP contribution in [0, 0.1) is 0 Å². The van der Waals surface area contributed by atoms with Gasteiger partial charge < -0.3 is 14.2 Å². The molecule has 0 aliphatic carbocycles. The number of para-hydroxylation sites is 1. The third-order valence-electron chi connectivity index (χ3n) is 5.42. The van der Waals surface area contributed by atoms with Crippen LogP contribution in [0.3, 0.4) is 0 Å². The van der Waals surface area contributed by atoms with Crippen LogP contribution in [-0.4, -0.2) is 68.0 Å². The summed E-state index contributed by atoms with van der Waals surface area (Å²) >= 11 is 0. The van der Waals surface area contributed by atoms with Crippen molar-refractivity contribution in [3.8, 4) is 5.75 Å². The lowest BCUT2D eigenvalue weighted by atomic mass is 9.98. The molecule has 2 aromatic carbocycles. The maximum atomic E-state index is 12.7. The van der Waals surface area contributed by atoms with Gasteiger partial charge in [-0.05, 0) is 30.3 Å². The quantitative estimate of drug-likeness (QED) is 0.536. The molecule has 0 saturated carbocycles. The first kappa shape index (κ1) is 22.0. The number of ether oxygens (including phenoxy) is 1. The Bertz CT molecular complexity index is 1220. The van der Waals surface area contributed by atoms with Crippen molar-refractivity contribution in [1.82, 2.24) is 19.3 Å². The van der Waals surface area contributed by atoms with Crippen molar-refractivity contribution in [2.24, 2.45) is 0 Å². The van der Waals surface area contributed by atoms with E-state index in [9.17, 15) is 13.2 Å². The van der Waals surface area contributed by atoms with Crippen LogP contribution < -0.4 is 4.74 Å². The summed E-state index contributed by atoms with van der Waals surface area (Å²) in [6.45, 7) is 0.930. The molecule has 3 aromatic rings. The van der Waals surface area contributed by atoms with Gasteiger partial charge in [-0.2, -0.15) is 4.98 Å². The van der Waals surface area contributed by atoms with E-state index in [-0.39, 0.29) is 16.7 Å². The second-order valence-corrected chi connectivity index (χ2v) is 9.91. The minimum absolute atomic E-state index is 0.0220. The molecule has 0 atom stereocenters. The maximum Gasteiger partial charge on any atom is 0.253 e. The molecule has 1 aliphatic heterocycles. The fourth-order valence-electron chi connectivity index (χ4n) is 3.49. The minimum atomic E-state index is -3.53. The molecule has 4 rings (SSSR count). The summed E-state index contributed by atoms with van der Waals surface area (Å²) in [6, 6.07) is 13.6. The third kappa shape index (κ3) is 4.23. The molecule has 168 valence electrons. The van der Waals surface area contributed by atoms with E-state index in [0.29, 0.717) is 36.8 Å². The van der Waals surface area contributed by atoms with Crippen LogP contribution in [0.25, 0.3) is 0 Å². The summed E-state index contributed by atoms with van der Waals surface area (Å²) < 4.78 is 36.2. The molecule has 1 aliphatic rings. The van der Waals surface area contributed by atoms with Crippen molar-refractivity contribution in [3.63, 3.8) is 0 Å². The molecule has 9 nitrogen and oxygen atoms in total. The molecular weight excluding hydrogens is 432 g/mol. The van der Waals surface area contributed by atoms with E-state index in [1.807, 2.05) is 24.3 Å². The lowest BCUT2D eigenvalue weighted by Crippen LogP contribution is -2.48. The van der Waals surface area contributed by atoms with E-state index in [0.717, 1.165) is 15.6 Å². The fraction of sp³-hybridized carbons (Fsp3) is 0.318. The van der Waals surface area contributed by atoms with Gasteiger partial charge in [-0.1, -0.05) is 23.4 Å². The van der Waals surface area contributed by atoms with Gasteiger partial charge >= 0.3 is 0 Å². The maximum absolute atomic E-state index is 12.7. The van der Waals surface area contributed by atoms with Crippen LogP contribution in [0.15, 0.2) is 57.9 Å². The Balaban J connectivity index is 1.37. The van der Waals surface area contributed by atoms with Crippen LogP contribution in [0.1, 0.15) is 33.6 Å². The van der Waals surface area contributed by atoms with Gasteiger partial charge in [0.05, 0.1) is 17.9 Å². The summed E-state index contributed by atoms with van der Waals surface area (Å²) in [4.78, 5) is 19.0. The number of aromatic nitrogens is 2. The highest BCUT2D eigenvalue weighted by Crippen LogP contribution is 2.28. The number of nitrogens with zero attached hydrogens (tertiary/aromatic N) is 4. The molecule has 0 radical (unpaired) electrons. The van der Waals surface area contributed by atoms with Crippen molar-refractivity contribution >= 4 is 15.9 Å². The molecule has 0 N–H and O–H groups in total. The Morgan fingerprint density at radius 3 is 2.50 bits per heavy atom.